The van der Waals surface area contributed by atoms with E-state index in [2.05, 4.69) is 4.74 Å². The van der Waals surface area contributed by atoms with Gasteiger partial charge in [-0.1, -0.05) is 0 Å². The normalized spacial score (nSPS) is 11.6. The molecule has 0 unspecified atom stereocenters. The quantitative estimate of drug-likeness (QED) is 0.307. The van der Waals surface area contributed by atoms with Crippen LogP contribution in [0.25, 0.3) is 0 Å². The van der Waals surface area contributed by atoms with Gasteiger partial charge < -0.3 is 21.0 Å². The number of nitrogens with two attached hydrogens (primary N) is 2. The van der Waals surface area contributed by atoms with Crippen molar-refractivity contribution in [3.8, 4) is 0 Å². The van der Waals surface area contributed by atoms with E-state index < -0.39 is 18.0 Å². The molecule has 0 spiro atoms. The molecule has 0 rings (SSSR count). The molecule has 0 saturated heterocycles. The number of esters is 2. The van der Waals surface area contributed by atoms with Crippen LogP contribution in [-0.4, -0.2) is 36.6 Å². The maximum absolute atomic E-state index is 11.1. The van der Waals surface area contributed by atoms with Gasteiger partial charge in [-0.05, 0) is 6.42 Å². The zero-order valence-corrected chi connectivity index (χ0v) is 9.39. The first-order valence-electron chi connectivity index (χ1n) is 5.15. The highest BCUT2D eigenvalue weighted by Crippen LogP contribution is 1.99. The van der Waals surface area contributed by atoms with Crippen LogP contribution in [0.5, 0.6) is 0 Å². The summed E-state index contributed by atoms with van der Waals surface area (Å²) in [7, 11) is 0. The van der Waals surface area contributed by atoms with Gasteiger partial charge in [0.2, 0.25) is 0 Å². The summed E-state index contributed by atoms with van der Waals surface area (Å²) in [5.41, 5.74) is 10.3. The molecule has 0 heterocycles. The van der Waals surface area contributed by atoms with Gasteiger partial charge in [0, 0.05) is 12.8 Å². The molecule has 0 saturated carbocycles. The molecule has 0 amide bonds. The average molecular weight is 244 g/mol. The Hall–Kier alpha value is -1.60. The van der Waals surface area contributed by atoms with E-state index in [1.165, 1.54) is 0 Å². The molecule has 4 N–H and O–H groups in total. The Kier molecular flexibility index (Phi) is 7.74. The molecule has 7 heteroatoms. The number of carbonyl (C=O) groups is 4. The first kappa shape index (κ1) is 15.4. The number of ketones is 1. The van der Waals surface area contributed by atoms with Gasteiger partial charge in [0.15, 0.2) is 0 Å². The number of ether oxygens (including phenoxy) is 1. The van der Waals surface area contributed by atoms with E-state index in [4.69, 9.17) is 11.5 Å². The summed E-state index contributed by atoms with van der Waals surface area (Å²) in [6.45, 7) is -0.143. The third kappa shape index (κ3) is 8.23. The van der Waals surface area contributed by atoms with Crippen LogP contribution in [0.4, 0.5) is 0 Å². The third-order valence-corrected chi connectivity index (χ3v) is 1.92. The highest BCUT2D eigenvalue weighted by Gasteiger charge is 2.13. The fourth-order valence-electron chi connectivity index (χ4n) is 0.925. The monoisotopic (exact) mass is 244 g/mol. The van der Waals surface area contributed by atoms with Crippen LogP contribution in [0.1, 0.15) is 25.7 Å². The molecule has 7 nitrogen and oxygen atoms in total. The van der Waals surface area contributed by atoms with Crippen molar-refractivity contribution in [3.05, 3.63) is 0 Å². The van der Waals surface area contributed by atoms with Crippen molar-refractivity contribution in [2.24, 2.45) is 11.5 Å². The molecule has 0 aromatic carbocycles. The van der Waals surface area contributed by atoms with Crippen molar-refractivity contribution in [2.75, 3.05) is 6.54 Å². The van der Waals surface area contributed by atoms with Gasteiger partial charge in [-0.2, -0.15) is 0 Å². The van der Waals surface area contributed by atoms with Crippen molar-refractivity contribution in [2.45, 2.75) is 31.7 Å². The second-order valence-electron chi connectivity index (χ2n) is 3.43. The summed E-state index contributed by atoms with van der Waals surface area (Å²) in [6.07, 6.45) is 0.292. The Morgan fingerprint density at radius 2 is 1.71 bits per heavy atom. The lowest BCUT2D eigenvalue weighted by atomic mass is 10.2. The van der Waals surface area contributed by atoms with E-state index in [0.717, 1.165) is 0 Å². The van der Waals surface area contributed by atoms with Crippen molar-refractivity contribution in [3.63, 3.8) is 0 Å². The maximum atomic E-state index is 11.1. The predicted octanol–water partition coefficient (Wildman–Crippen LogP) is -1.33. The van der Waals surface area contributed by atoms with Gasteiger partial charge in [-0.25, -0.2) is 0 Å². The Bertz CT molecular complexity index is 303. The summed E-state index contributed by atoms with van der Waals surface area (Å²) in [4.78, 5) is 43.1. The largest absolute Gasteiger partial charge is 0.393 e. The van der Waals surface area contributed by atoms with E-state index >= 15 is 0 Å². The van der Waals surface area contributed by atoms with Crippen LogP contribution >= 0.6 is 0 Å². The van der Waals surface area contributed by atoms with Gasteiger partial charge in [0.25, 0.3) is 0 Å². The standard InChI is InChI=1S/C10H16N2O5/c11-5-8(14)2-4-10(16)17-9(15)3-1-7(12)6-13/h6-7H,1-5,11-12H2/t7-/m0/s1. The number of carbonyl (C=O) groups excluding carboxylic acids is 4. The summed E-state index contributed by atoms with van der Waals surface area (Å²) in [5, 5.41) is 0. The van der Waals surface area contributed by atoms with Gasteiger partial charge in [0.1, 0.15) is 12.1 Å². The minimum atomic E-state index is -0.781. The zero-order valence-electron chi connectivity index (χ0n) is 9.39. The first-order chi connectivity index (χ1) is 7.99. The van der Waals surface area contributed by atoms with Crippen molar-refractivity contribution in [1.29, 1.82) is 0 Å². The Morgan fingerprint density at radius 1 is 1.12 bits per heavy atom. The van der Waals surface area contributed by atoms with Crippen LogP contribution in [0, 0.1) is 0 Å². The molecule has 0 fully saturated rings. The molecule has 17 heavy (non-hydrogen) atoms. The number of aldehydes is 1. The lowest BCUT2D eigenvalue weighted by Crippen LogP contribution is -2.23. The fourth-order valence-corrected chi connectivity index (χ4v) is 0.925. The highest BCUT2D eigenvalue weighted by atomic mass is 16.6. The van der Waals surface area contributed by atoms with E-state index in [0.29, 0.717) is 6.29 Å². The molecule has 0 aliphatic carbocycles. The van der Waals surface area contributed by atoms with Crippen LogP contribution in [0.3, 0.4) is 0 Å². The van der Waals surface area contributed by atoms with Crippen molar-refractivity contribution < 1.29 is 23.9 Å². The van der Waals surface area contributed by atoms with Crippen LogP contribution in [0.2, 0.25) is 0 Å². The van der Waals surface area contributed by atoms with Gasteiger partial charge in [0.05, 0.1) is 19.0 Å². The van der Waals surface area contributed by atoms with Gasteiger partial charge >= 0.3 is 11.9 Å². The average Bonchev–Trinajstić information content (AvgIpc) is 2.32. The highest BCUT2D eigenvalue weighted by molar-refractivity contribution is 5.89. The van der Waals surface area contributed by atoms with Crippen LogP contribution in [-0.2, 0) is 23.9 Å². The minimum Gasteiger partial charge on any atom is -0.393 e. The van der Waals surface area contributed by atoms with Crippen LogP contribution < -0.4 is 11.5 Å². The second kappa shape index (κ2) is 8.54. The molecule has 0 aromatic rings. The molecule has 1 atom stereocenters. The van der Waals surface area contributed by atoms with Crippen molar-refractivity contribution in [1.82, 2.24) is 0 Å². The lowest BCUT2D eigenvalue weighted by Gasteiger charge is -2.04. The third-order valence-electron chi connectivity index (χ3n) is 1.92. The van der Waals surface area contributed by atoms with Gasteiger partial charge in [-0.3, -0.25) is 14.4 Å². The molecule has 0 aliphatic heterocycles. The molecule has 96 valence electrons. The van der Waals surface area contributed by atoms with Crippen molar-refractivity contribution >= 4 is 24.0 Å². The summed E-state index contributed by atoms with van der Waals surface area (Å²) < 4.78 is 4.40. The molecule has 0 aliphatic rings. The topological polar surface area (TPSA) is 130 Å². The second-order valence-corrected chi connectivity index (χ2v) is 3.43. The Labute approximate surface area is 98.5 Å². The SMILES string of the molecule is NCC(=O)CCC(=O)OC(=O)CC[C@H](N)C=O. The number of hydrogen-bond acceptors (Lipinski definition) is 7. The molecule has 0 radical (unpaired) electrons. The summed E-state index contributed by atoms with van der Waals surface area (Å²) >= 11 is 0. The number of rotatable bonds is 8. The van der Waals surface area contributed by atoms with E-state index in [9.17, 15) is 19.2 Å². The smallest absolute Gasteiger partial charge is 0.313 e. The molecular weight excluding hydrogens is 228 g/mol. The minimum absolute atomic E-state index is 0.0452. The summed E-state index contributed by atoms with van der Waals surface area (Å²) in [6, 6.07) is -0.739. The maximum Gasteiger partial charge on any atom is 0.313 e. The number of Topliss-reactive ketones (excluding diaryl/α,β-unsaturated/α-hetero) is 1. The Balaban J connectivity index is 3.76. The van der Waals surface area contributed by atoms with E-state index in [-0.39, 0.29) is 38.0 Å². The molecular formula is C10H16N2O5. The molecule has 0 bridgehead atoms. The predicted molar refractivity (Wildman–Crippen MR) is 57.7 cm³/mol. The first-order valence-corrected chi connectivity index (χ1v) is 5.15. The number of hydrogen-bond donors (Lipinski definition) is 2. The summed E-state index contributed by atoms with van der Waals surface area (Å²) in [5.74, 6) is -1.82. The van der Waals surface area contributed by atoms with E-state index in [1.54, 1.807) is 0 Å². The van der Waals surface area contributed by atoms with Crippen LogP contribution in [0.15, 0.2) is 0 Å². The lowest BCUT2D eigenvalue weighted by molar-refractivity contribution is -0.160. The zero-order chi connectivity index (χ0) is 13.3. The van der Waals surface area contributed by atoms with Gasteiger partial charge in [-0.15, -0.1) is 0 Å². The molecule has 0 aromatic heterocycles. The van der Waals surface area contributed by atoms with E-state index in [1.807, 2.05) is 0 Å². The fraction of sp³-hybridized carbons (Fsp3) is 0.600. The Morgan fingerprint density at radius 3 is 2.24 bits per heavy atom.